The number of amides is 2. The van der Waals surface area contributed by atoms with Gasteiger partial charge in [0.1, 0.15) is 0 Å². The molecule has 2 aromatic rings. The van der Waals surface area contributed by atoms with E-state index in [-0.39, 0.29) is 22.3 Å². The Balaban J connectivity index is 1.69. The molecular formula is C21H22N4O4S. The van der Waals surface area contributed by atoms with Crippen LogP contribution in [0.15, 0.2) is 48.5 Å². The Morgan fingerprint density at radius 3 is 2.40 bits per heavy atom. The lowest BCUT2D eigenvalue weighted by atomic mass is 10.1. The van der Waals surface area contributed by atoms with Crippen molar-refractivity contribution in [2.45, 2.75) is 25.7 Å². The van der Waals surface area contributed by atoms with Crippen molar-refractivity contribution >= 4 is 40.5 Å². The van der Waals surface area contributed by atoms with E-state index in [1.807, 2.05) is 4.90 Å². The molecule has 0 aromatic heterocycles. The monoisotopic (exact) mass is 426 g/mol. The van der Waals surface area contributed by atoms with Crippen molar-refractivity contribution in [2.75, 3.05) is 18.4 Å². The molecule has 0 saturated carbocycles. The van der Waals surface area contributed by atoms with Crippen LogP contribution in [0.25, 0.3) is 0 Å². The molecule has 2 aromatic carbocycles. The van der Waals surface area contributed by atoms with Crippen molar-refractivity contribution in [2.24, 2.45) is 0 Å². The zero-order valence-corrected chi connectivity index (χ0v) is 17.1. The van der Waals surface area contributed by atoms with Gasteiger partial charge in [0.15, 0.2) is 5.11 Å². The van der Waals surface area contributed by atoms with Crippen LogP contribution in [0, 0.1) is 10.1 Å². The van der Waals surface area contributed by atoms with Crippen LogP contribution in [-0.4, -0.2) is 39.8 Å². The number of rotatable bonds is 4. The summed E-state index contributed by atoms with van der Waals surface area (Å²) in [7, 11) is 0. The lowest BCUT2D eigenvalue weighted by Crippen LogP contribution is -2.36. The van der Waals surface area contributed by atoms with Crippen molar-refractivity contribution in [3.8, 4) is 0 Å². The first-order valence-electron chi connectivity index (χ1n) is 9.71. The van der Waals surface area contributed by atoms with Gasteiger partial charge in [0.05, 0.1) is 16.2 Å². The van der Waals surface area contributed by atoms with Gasteiger partial charge in [0, 0.05) is 30.8 Å². The zero-order chi connectivity index (χ0) is 21.5. The van der Waals surface area contributed by atoms with Crippen molar-refractivity contribution < 1.29 is 14.5 Å². The molecule has 0 atom stereocenters. The average molecular weight is 426 g/mol. The maximum absolute atomic E-state index is 13.0. The van der Waals surface area contributed by atoms with E-state index >= 15 is 0 Å². The molecule has 1 aliphatic heterocycles. The molecule has 0 spiro atoms. The fourth-order valence-corrected chi connectivity index (χ4v) is 3.51. The van der Waals surface area contributed by atoms with Gasteiger partial charge >= 0.3 is 0 Å². The fraction of sp³-hybridized carbons (Fsp3) is 0.286. The first kappa shape index (κ1) is 21.4. The van der Waals surface area contributed by atoms with Crippen LogP contribution in [-0.2, 0) is 0 Å². The summed E-state index contributed by atoms with van der Waals surface area (Å²) >= 11 is 5.22. The van der Waals surface area contributed by atoms with Gasteiger partial charge in [-0.15, -0.1) is 0 Å². The van der Waals surface area contributed by atoms with Gasteiger partial charge in [-0.2, -0.15) is 0 Å². The van der Waals surface area contributed by atoms with Gasteiger partial charge in [-0.25, -0.2) is 0 Å². The summed E-state index contributed by atoms with van der Waals surface area (Å²) in [5.41, 5.74) is 0.902. The van der Waals surface area contributed by atoms with E-state index in [1.165, 1.54) is 24.3 Å². The molecule has 3 rings (SSSR count). The van der Waals surface area contributed by atoms with E-state index in [0.29, 0.717) is 11.3 Å². The summed E-state index contributed by atoms with van der Waals surface area (Å²) < 4.78 is 0. The largest absolute Gasteiger partial charge is 0.339 e. The number of hydrogen-bond donors (Lipinski definition) is 2. The van der Waals surface area contributed by atoms with Gasteiger partial charge in [-0.3, -0.25) is 25.0 Å². The number of carbonyl (C=O) groups excluding carboxylic acids is 2. The summed E-state index contributed by atoms with van der Waals surface area (Å²) in [6.07, 6.45) is 4.22. The van der Waals surface area contributed by atoms with E-state index in [4.69, 9.17) is 12.2 Å². The molecule has 0 bridgehead atoms. The fourth-order valence-electron chi connectivity index (χ4n) is 3.31. The molecule has 8 nitrogen and oxygen atoms in total. The third-order valence-electron chi connectivity index (χ3n) is 4.85. The molecule has 0 radical (unpaired) electrons. The Labute approximate surface area is 179 Å². The normalized spacial score (nSPS) is 13.8. The second-order valence-corrected chi connectivity index (χ2v) is 7.38. The maximum Gasteiger partial charge on any atom is 0.270 e. The van der Waals surface area contributed by atoms with Crippen LogP contribution >= 0.6 is 12.2 Å². The number of nitro benzene ring substituents is 1. The summed E-state index contributed by atoms with van der Waals surface area (Å²) in [5, 5.41) is 16.3. The number of hydrogen-bond acceptors (Lipinski definition) is 5. The molecule has 156 valence electrons. The van der Waals surface area contributed by atoms with Crippen LogP contribution in [0.2, 0.25) is 0 Å². The van der Waals surface area contributed by atoms with E-state index in [2.05, 4.69) is 10.6 Å². The third-order valence-corrected chi connectivity index (χ3v) is 5.05. The number of benzene rings is 2. The van der Waals surface area contributed by atoms with Gasteiger partial charge in [0.2, 0.25) is 0 Å². The summed E-state index contributed by atoms with van der Waals surface area (Å²) in [6, 6.07) is 12.4. The summed E-state index contributed by atoms with van der Waals surface area (Å²) in [5.74, 6) is -0.652. The number of nitro groups is 1. The number of anilines is 1. The highest BCUT2D eigenvalue weighted by Gasteiger charge is 2.20. The minimum atomic E-state index is -0.576. The number of non-ortho nitro benzene ring substituents is 1. The standard InChI is InChI=1S/C21H22N4O4S/c26-19(15-8-7-9-16(14-15)25(28)29)23-21(30)22-18-11-4-3-10-17(18)20(27)24-12-5-1-2-6-13-24/h3-4,7-11,14H,1-2,5-6,12-13H2,(H2,22,23,26,30). The third kappa shape index (κ3) is 5.38. The Morgan fingerprint density at radius 2 is 1.70 bits per heavy atom. The molecule has 30 heavy (non-hydrogen) atoms. The molecule has 2 N–H and O–H groups in total. The van der Waals surface area contributed by atoms with E-state index < -0.39 is 10.8 Å². The smallest absolute Gasteiger partial charge is 0.270 e. The van der Waals surface area contributed by atoms with Gasteiger partial charge in [-0.1, -0.05) is 31.0 Å². The topological polar surface area (TPSA) is 105 Å². The Hall–Kier alpha value is -3.33. The first-order valence-corrected chi connectivity index (χ1v) is 10.1. The average Bonchev–Trinajstić information content (AvgIpc) is 3.03. The Kier molecular flexibility index (Phi) is 7.08. The molecule has 9 heteroatoms. The van der Waals surface area contributed by atoms with Crippen molar-refractivity contribution in [1.29, 1.82) is 0 Å². The van der Waals surface area contributed by atoms with Crippen molar-refractivity contribution in [3.05, 3.63) is 69.8 Å². The van der Waals surface area contributed by atoms with Gasteiger partial charge in [-0.05, 0) is 43.3 Å². The lowest BCUT2D eigenvalue weighted by molar-refractivity contribution is -0.384. The number of carbonyl (C=O) groups is 2. The minimum Gasteiger partial charge on any atom is -0.339 e. The van der Waals surface area contributed by atoms with E-state index in [0.717, 1.165) is 38.8 Å². The molecule has 2 amide bonds. The highest BCUT2D eigenvalue weighted by Crippen LogP contribution is 2.20. The Bertz CT molecular complexity index is 971. The first-order chi connectivity index (χ1) is 14.5. The molecule has 1 fully saturated rings. The molecule has 1 aliphatic rings. The predicted octanol–water partition coefficient (Wildman–Crippen LogP) is 3.74. The Morgan fingerprint density at radius 1 is 1.00 bits per heavy atom. The second-order valence-electron chi connectivity index (χ2n) is 6.97. The van der Waals surface area contributed by atoms with Crippen LogP contribution in [0.1, 0.15) is 46.4 Å². The number of para-hydroxylation sites is 1. The van der Waals surface area contributed by atoms with Crippen LogP contribution in [0.5, 0.6) is 0 Å². The summed E-state index contributed by atoms with van der Waals surface area (Å²) in [4.78, 5) is 37.5. The van der Waals surface area contributed by atoms with Gasteiger partial charge in [0.25, 0.3) is 17.5 Å². The molecule has 0 unspecified atom stereocenters. The maximum atomic E-state index is 13.0. The molecule has 0 aliphatic carbocycles. The number of likely N-dealkylation sites (tertiary alicyclic amines) is 1. The minimum absolute atomic E-state index is 0.00243. The number of thiocarbonyl (C=S) groups is 1. The SMILES string of the molecule is O=C(NC(=S)Nc1ccccc1C(=O)N1CCCCCC1)c1cccc([N+](=O)[O-])c1. The second kappa shape index (κ2) is 9.93. The van der Waals surface area contributed by atoms with Crippen molar-refractivity contribution in [3.63, 3.8) is 0 Å². The lowest BCUT2D eigenvalue weighted by Gasteiger charge is -2.22. The highest BCUT2D eigenvalue weighted by molar-refractivity contribution is 7.80. The summed E-state index contributed by atoms with van der Waals surface area (Å²) in [6.45, 7) is 1.45. The quantitative estimate of drug-likeness (QED) is 0.438. The van der Waals surface area contributed by atoms with Crippen LogP contribution in [0.3, 0.4) is 0 Å². The van der Waals surface area contributed by atoms with Gasteiger partial charge < -0.3 is 10.2 Å². The number of nitrogens with zero attached hydrogens (tertiary/aromatic N) is 2. The van der Waals surface area contributed by atoms with Crippen molar-refractivity contribution in [1.82, 2.24) is 10.2 Å². The zero-order valence-electron chi connectivity index (χ0n) is 16.3. The van der Waals surface area contributed by atoms with Crippen LogP contribution < -0.4 is 10.6 Å². The molecule has 1 heterocycles. The predicted molar refractivity (Wildman–Crippen MR) is 118 cm³/mol. The van der Waals surface area contributed by atoms with E-state index in [9.17, 15) is 19.7 Å². The number of nitrogens with one attached hydrogen (secondary N) is 2. The van der Waals surface area contributed by atoms with Crippen LogP contribution in [0.4, 0.5) is 11.4 Å². The highest BCUT2D eigenvalue weighted by atomic mass is 32.1. The molecular weight excluding hydrogens is 404 g/mol. The van der Waals surface area contributed by atoms with E-state index in [1.54, 1.807) is 24.3 Å². The molecule has 1 saturated heterocycles.